The molecule has 0 aliphatic rings. The molecule has 0 aliphatic heterocycles. The zero-order valence-electron chi connectivity index (χ0n) is 11.2. The van der Waals surface area contributed by atoms with Crippen LogP contribution in [0.5, 0.6) is 11.5 Å². The van der Waals surface area contributed by atoms with Gasteiger partial charge in [-0.1, -0.05) is 0 Å². The first-order valence-corrected chi connectivity index (χ1v) is 6.03. The number of methoxy groups -OCH3 is 1. The molecule has 0 saturated heterocycles. The SMILES string of the molecule is COC(=O)c1ccc(NC(=O)c2ccc(O)cc2O)cc1. The zero-order chi connectivity index (χ0) is 15.4. The highest BCUT2D eigenvalue weighted by Gasteiger charge is 2.12. The topological polar surface area (TPSA) is 95.9 Å². The molecule has 0 atom stereocenters. The minimum Gasteiger partial charge on any atom is -0.508 e. The lowest BCUT2D eigenvalue weighted by molar-refractivity contribution is 0.0600. The third-order valence-electron chi connectivity index (χ3n) is 2.79. The van der Waals surface area contributed by atoms with Crippen LogP contribution in [0.25, 0.3) is 0 Å². The van der Waals surface area contributed by atoms with Crippen molar-refractivity contribution in [2.75, 3.05) is 12.4 Å². The van der Waals surface area contributed by atoms with E-state index >= 15 is 0 Å². The zero-order valence-corrected chi connectivity index (χ0v) is 11.2. The van der Waals surface area contributed by atoms with Crippen LogP contribution in [-0.4, -0.2) is 29.2 Å². The molecule has 3 N–H and O–H groups in total. The van der Waals surface area contributed by atoms with Crippen molar-refractivity contribution < 1.29 is 24.5 Å². The Labute approximate surface area is 120 Å². The summed E-state index contributed by atoms with van der Waals surface area (Å²) < 4.78 is 4.57. The largest absolute Gasteiger partial charge is 0.508 e. The molecule has 6 nitrogen and oxygen atoms in total. The summed E-state index contributed by atoms with van der Waals surface area (Å²) in [7, 11) is 1.28. The van der Waals surface area contributed by atoms with Crippen molar-refractivity contribution in [1.29, 1.82) is 0 Å². The molecule has 2 aromatic rings. The van der Waals surface area contributed by atoms with Gasteiger partial charge in [0.15, 0.2) is 0 Å². The summed E-state index contributed by atoms with van der Waals surface area (Å²) in [4.78, 5) is 23.3. The van der Waals surface area contributed by atoms with Crippen molar-refractivity contribution in [2.24, 2.45) is 0 Å². The van der Waals surface area contributed by atoms with Crippen LogP contribution in [0.3, 0.4) is 0 Å². The summed E-state index contributed by atoms with van der Waals surface area (Å²) >= 11 is 0. The highest BCUT2D eigenvalue weighted by molar-refractivity contribution is 6.06. The van der Waals surface area contributed by atoms with Crippen LogP contribution in [0.1, 0.15) is 20.7 Å². The summed E-state index contributed by atoms with van der Waals surface area (Å²) in [6.45, 7) is 0. The molecule has 0 spiro atoms. The highest BCUT2D eigenvalue weighted by atomic mass is 16.5. The lowest BCUT2D eigenvalue weighted by Gasteiger charge is -2.07. The molecule has 0 fully saturated rings. The normalized spacial score (nSPS) is 9.95. The van der Waals surface area contributed by atoms with Crippen molar-refractivity contribution in [1.82, 2.24) is 0 Å². The minimum atomic E-state index is -0.529. The van der Waals surface area contributed by atoms with E-state index in [9.17, 15) is 19.8 Å². The number of ether oxygens (including phenoxy) is 1. The molecule has 0 unspecified atom stereocenters. The van der Waals surface area contributed by atoms with E-state index in [1.807, 2.05) is 0 Å². The number of hydrogen-bond acceptors (Lipinski definition) is 5. The van der Waals surface area contributed by atoms with Crippen molar-refractivity contribution in [3.8, 4) is 11.5 Å². The summed E-state index contributed by atoms with van der Waals surface area (Å²) in [6, 6.07) is 9.80. The Morgan fingerprint density at radius 2 is 1.71 bits per heavy atom. The van der Waals surface area contributed by atoms with E-state index in [2.05, 4.69) is 10.1 Å². The lowest BCUT2D eigenvalue weighted by Crippen LogP contribution is -2.12. The average molecular weight is 287 g/mol. The number of phenolic OH excluding ortho intramolecular Hbond substituents is 2. The molecule has 0 heterocycles. The highest BCUT2D eigenvalue weighted by Crippen LogP contribution is 2.23. The fourth-order valence-corrected chi connectivity index (χ4v) is 1.72. The Morgan fingerprint density at radius 1 is 1.05 bits per heavy atom. The number of rotatable bonds is 3. The van der Waals surface area contributed by atoms with Gasteiger partial charge in [0.25, 0.3) is 5.91 Å². The number of anilines is 1. The first-order valence-electron chi connectivity index (χ1n) is 6.03. The van der Waals surface area contributed by atoms with Gasteiger partial charge in [0.05, 0.1) is 18.2 Å². The first-order chi connectivity index (χ1) is 10.0. The second kappa shape index (κ2) is 5.96. The Balaban J connectivity index is 2.14. The van der Waals surface area contributed by atoms with Gasteiger partial charge in [0, 0.05) is 11.8 Å². The number of benzene rings is 2. The fourth-order valence-electron chi connectivity index (χ4n) is 1.72. The molecule has 0 aromatic heterocycles. The number of aromatic hydroxyl groups is 2. The quantitative estimate of drug-likeness (QED) is 0.752. The van der Waals surface area contributed by atoms with Crippen LogP contribution in [-0.2, 0) is 4.74 Å². The predicted molar refractivity (Wildman–Crippen MR) is 75.5 cm³/mol. The van der Waals surface area contributed by atoms with Crippen molar-refractivity contribution in [2.45, 2.75) is 0 Å². The summed E-state index contributed by atoms with van der Waals surface area (Å²) in [6.07, 6.45) is 0. The van der Waals surface area contributed by atoms with E-state index in [1.165, 1.54) is 31.4 Å². The molecule has 0 radical (unpaired) electrons. The lowest BCUT2D eigenvalue weighted by atomic mass is 10.1. The molecule has 0 saturated carbocycles. The van der Waals surface area contributed by atoms with Gasteiger partial charge in [-0.3, -0.25) is 4.79 Å². The summed E-state index contributed by atoms with van der Waals surface area (Å²) in [5, 5.41) is 21.4. The van der Waals surface area contributed by atoms with Gasteiger partial charge in [-0.15, -0.1) is 0 Å². The molecule has 108 valence electrons. The number of carbonyl (C=O) groups is 2. The molecule has 2 aromatic carbocycles. The smallest absolute Gasteiger partial charge is 0.337 e. The Morgan fingerprint density at radius 3 is 2.29 bits per heavy atom. The Hall–Kier alpha value is -3.02. The van der Waals surface area contributed by atoms with E-state index in [4.69, 9.17) is 0 Å². The van der Waals surface area contributed by atoms with Crippen molar-refractivity contribution in [3.05, 3.63) is 53.6 Å². The van der Waals surface area contributed by atoms with Crippen molar-refractivity contribution >= 4 is 17.6 Å². The van der Waals surface area contributed by atoms with Gasteiger partial charge in [-0.05, 0) is 36.4 Å². The van der Waals surface area contributed by atoms with E-state index in [0.717, 1.165) is 6.07 Å². The van der Waals surface area contributed by atoms with E-state index < -0.39 is 11.9 Å². The van der Waals surface area contributed by atoms with Crippen LogP contribution >= 0.6 is 0 Å². The third-order valence-corrected chi connectivity index (χ3v) is 2.79. The van der Waals surface area contributed by atoms with Crippen molar-refractivity contribution in [3.63, 3.8) is 0 Å². The molecular formula is C15H13NO5. The maximum absolute atomic E-state index is 12.0. The number of esters is 1. The molecule has 2 rings (SSSR count). The standard InChI is InChI=1S/C15H13NO5/c1-21-15(20)9-2-4-10(5-3-9)16-14(19)12-7-6-11(17)8-13(12)18/h2-8,17-18H,1H3,(H,16,19). The number of carbonyl (C=O) groups excluding carboxylic acids is 2. The third kappa shape index (κ3) is 3.30. The maximum Gasteiger partial charge on any atom is 0.337 e. The number of hydrogen-bond donors (Lipinski definition) is 3. The van der Waals surface area contributed by atoms with Gasteiger partial charge in [0.2, 0.25) is 0 Å². The van der Waals surface area contributed by atoms with E-state index in [0.29, 0.717) is 11.3 Å². The van der Waals surface area contributed by atoms with Crippen LogP contribution < -0.4 is 5.32 Å². The fraction of sp³-hybridized carbons (Fsp3) is 0.0667. The number of phenols is 2. The van der Waals surface area contributed by atoms with Gasteiger partial charge in [-0.25, -0.2) is 4.79 Å². The first kappa shape index (κ1) is 14.4. The number of nitrogens with one attached hydrogen (secondary N) is 1. The molecule has 1 amide bonds. The molecule has 6 heteroatoms. The molecular weight excluding hydrogens is 274 g/mol. The van der Waals surface area contributed by atoms with Gasteiger partial charge >= 0.3 is 5.97 Å². The average Bonchev–Trinajstić information content (AvgIpc) is 2.47. The molecule has 21 heavy (non-hydrogen) atoms. The minimum absolute atomic E-state index is 0.0323. The Bertz CT molecular complexity index is 679. The van der Waals surface area contributed by atoms with E-state index in [-0.39, 0.29) is 17.1 Å². The Kier molecular flexibility index (Phi) is 4.08. The second-order valence-corrected chi connectivity index (χ2v) is 4.22. The maximum atomic E-state index is 12.0. The van der Waals surface area contributed by atoms with Gasteiger partial charge in [0.1, 0.15) is 11.5 Å². The summed E-state index contributed by atoms with van der Waals surface area (Å²) in [5.41, 5.74) is 0.855. The van der Waals surface area contributed by atoms with Crippen LogP contribution in [0.2, 0.25) is 0 Å². The van der Waals surface area contributed by atoms with Gasteiger partial charge < -0.3 is 20.3 Å². The molecule has 0 bridgehead atoms. The van der Waals surface area contributed by atoms with Gasteiger partial charge in [-0.2, -0.15) is 0 Å². The van der Waals surface area contributed by atoms with Crippen LogP contribution in [0.15, 0.2) is 42.5 Å². The summed E-state index contributed by atoms with van der Waals surface area (Å²) in [5.74, 6) is -1.45. The second-order valence-electron chi connectivity index (χ2n) is 4.22. The molecule has 0 aliphatic carbocycles. The monoisotopic (exact) mass is 287 g/mol. The van der Waals surface area contributed by atoms with Crippen LogP contribution in [0.4, 0.5) is 5.69 Å². The predicted octanol–water partition coefficient (Wildman–Crippen LogP) is 2.14. The van der Waals surface area contributed by atoms with Crippen LogP contribution in [0, 0.1) is 0 Å². The van der Waals surface area contributed by atoms with E-state index in [1.54, 1.807) is 12.1 Å². The number of amides is 1.